The third-order valence-electron chi connectivity index (χ3n) is 3.19. The molecule has 0 unspecified atom stereocenters. The minimum atomic E-state index is -0.520. The van der Waals surface area contributed by atoms with Gasteiger partial charge in [-0.2, -0.15) is 0 Å². The van der Waals surface area contributed by atoms with Crippen LogP contribution >= 0.6 is 23.8 Å². The first-order valence-corrected chi connectivity index (χ1v) is 8.01. The first-order chi connectivity index (χ1) is 11.3. The number of halogens is 2. The summed E-state index contributed by atoms with van der Waals surface area (Å²) in [4.78, 5) is 11.9. The molecule has 126 valence electrons. The van der Waals surface area contributed by atoms with Gasteiger partial charge in [0.2, 0.25) is 5.91 Å². The summed E-state index contributed by atoms with van der Waals surface area (Å²) in [6, 6.07) is 10.2. The van der Waals surface area contributed by atoms with Gasteiger partial charge >= 0.3 is 0 Å². The first-order valence-electron chi connectivity index (χ1n) is 7.22. The van der Waals surface area contributed by atoms with Crippen LogP contribution in [0.4, 0.5) is 10.1 Å². The molecule has 0 aliphatic heterocycles. The molecule has 0 spiro atoms. The number of hydrazine groups is 1. The number of aryl methyl sites for hydroxylation is 2. The van der Waals surface area contributed by atoms with Gasteiger partial charge in [0.15, 0.2) is 5.11 Å². The molecule has 0 saturated heterocycles. The van der Waals surface area contributed by atoms with Crippen LogP contribution < -0.4 is 16.2 Å². The summed E-state index contributed by atoms with van der Waals surface area (Å²) in [5.41, 5.74) is 8.15. The van der Waals surface area contributed by atoms with E-state index >= 15 is 0 Å². The monoisotopic (exact) mass is 365 g/mol. The minimum absolute atomic E-state index is 0.145. The summed E-state index contributed by atoms with van der Waals surface area (Å²) in [6.45, 7) is 3.96. The van der Waals surface area contributed by atoms with Gasteiger partial charge in [-0.15, -0.1) is 0 Å². The molecule has 1 amide bonds. The van der Waals surface area contributed by atoms with Crippen molar-refractivity contribution in [2.45, 2.75) is 20.3 Å². The predicted molar refractivity (Wildman–Crippen MR) is 98.5 cm³/mol. The fourth-order valence-electron chi connectivity index (χ4n) is 2.24. The molecule has 0 atom stereocenters. The van der Waals surface area contributed by atoms with Crippen molar-refractivity contribution in [3.05, 3.63) is 63.9 Å². The molecule has 4 nitrogen and oxygen atoms in total. The lowest BCUT2D eigenvalue weighted by atomic mass is 10.1. The smallest absolute Gasteiger partial charge is 0.242 e. The summed E-state index contributed by atoms with van der Waals surface area (Å²) in [5.74, 6) is -0.972. The van der Waals surface area contributed by atoms with Gasteiger partial charge in [0.1, 0.15) is 5.82 Å². The number of nitrogens with one attached hydrogen (secondary N) is 3. The van der Waals surface area contributed by atoms with Crippen molar-refractivity contribution in [2.75, 3.05) is 5.32 Å². The third-order valence-corrected chi connectivity index (χ3v) is 3.75. The Morgan fingerprint density at radius 1 is 1.17 bits per heavy atom. The largest absolute Gasteiger partial charge is 0.331 e. The third kappa shape index (κ3) is 5.18. The van der Waals surface area contributed by atoms with Crippen molar-refractivity contribution in [3.63, 3.8) is 0 Å². The number of carbonyl (C=O) groups excluding carboxylic acids is 1. The highest BCUT2D eigenvalue weighted by atomic mass is 35.5. The number of anilines is 1. The van der Waals surface area contributed by atoms with Crippen LogP contribution in [0.2, 0.25) is 5.02 Å². The van der Waals surface area contributed by atoms with E-state index in [0.717, 1.165) is 16.8 Å². The van der Waals surface area contributed by atoms with Crippen molar-refractivity contribution < 1.29 is 9.18 Å². The summed E-state index contributed by atoms with van der Waals surface area (Å²) >= 11 is 11.0. The predicted octanol–water partition coefficient (Wildman–Crippen LogP) is 3.66. The van der Waals surface area contributed by atoms with Crippen LogP contribution in [0.15, 0.2) is 36.4 Å². The Kier molecular flexibility index (Phi) is 6.11. The van der Waals surface area contributed by atoms with Gasteiger partial charge < -0.3 is 5.32 Å². The molecule has 3 N–H and O–H groups in total. The average molecular weight is 366 g/mol. The van der Waals surface area contributed by atoms with E-state index in [2.05, 4.69) is 16.2 Å². The van der Waals surface area contributed by atoms with Crippen LogP contribution in [0.5, 0.6) is 0 Å². The van der Waals surface area contributed by atoms with Crippen molar-refractivity contribution in [2.24, 2.45) is 0 Å². The lowest BCUT2D eigenvalue weighted by Gasteiger charge is -2.13. The molecule has 0 heterocycles. The molecule has 0 aromatic heterocycles. The summed E-state index contributed by atoms with van der Waals surface area (Å²) in [5, 5.41) is 3.41. The van der Waals surface area contributed by atoms with Crippen LogP contribution in [0, 0.1) is 19.7 Å². The molecule has 0 bridgehead atoms. The molecule has 0 fully saturated rings. The summed E-state index contributed by atoms with van der Waals surface area (Å²) < 4.78 is 13.6. The summed E-state index contributed by atoms with van der Waals surface area (Å²) in [7, 11) is 0. The van der Waals surface area contributed by atoms with Crippen LogP contribution in [-0.4, -0.2) is 11.0 Å². The molecule has 0 aliphatic rings. The normalized spacial score (nSPS) is 10.2. The van der Waals surface area contributed by atoms with E-state index in [4.69, 9.17) is 23.8 Å². The molecule has 2 aromatic carbocycles. The Morgan fingerprint density at radius 2 is 1.83 bits per heavy atom. The molecular formula is C17H17ClFN3OS. The highest BCUT2D eigenvalue weighted by molar-refractivity contribution is 7.80. The number of thiocarbonyl (C=S) groups is 1. The van der Waals surface area contributed by atoms with Crippen LogP contribution in [0.3, 0.4) is 0 Å². The Bertz CT molecular complexity index is 742. The Morgan fingerprint density at radius 3 is 2.46 bits per heavy atom. The van der Waals surface area contributed by atoms with Gasteiger partial charge in [-0.05, 0) is 61.5 Å². The summed E-state index contributed by atoms with van der Waals surface area (Å²) in [6.07, 6.45) is -0.190. The molecule has 2 aromatic rings. The molecule has 0 saturated carbocycles. The van der Waals surface area contributed by atoms with E-state index in [9.17, 15) is 9.18 Å². The molecule has 7 heteroatoms. The SMILES string of the molecule is Cc1cc(C)cc(NC(=S)NNC(=O)Cc2c(F)cccc2Cl)c1. The number of hydrogen-bond donors (Lipinski definition) is 3. The Hall–Kier alpha value is -2.18. The van der Waals surface area contributed by atoms with Gasteiger partial charge in [0, 0.05) is 16.3 Å². The first kappa shape index (κ1) is 18.2. The second-order valence-electron chi connectivity index (χ2n) is 5.38. The van der Waals surface area contributed by atoms with E-state index in [0.29, 0.717) is 0 Å². The van der Waals surface area contributed by atoms with Crippen molar-refractivity contribution in [1.82, 2.24) is 10.9 Å². The minimum Gasteiger partial charge on any atom is -0.331 e. The van der Waals surface area contributed by atoms with Gasteiger partial charge in [0.05, 0.1) is 6.42 Å². The number of rotatable bonds is 3. The highest BCUT2D eigenvalue weighted by Gasteiger charge is 2.12. The Labute approximate surface area is 150 Å². The van der Waals surface area contributed by atoms with Gasteiger partial charge in [-0.25, -0.2) is 4.39 Å². The topological polar surface area (TPSA) is 53.2 Å². The second kappa shape index (κ2) is 8.08. The fraction of sp³-hybridized carbons (Fsp3) is 0.176. The quantitative estimate of drug-likeness (QED) is 0.574. The van der Waals surface area contributed by atoms with E-state index in [-0.39, 0.29) is 22.1 Å². The molecule has 0 aliphatic carbocycles. The van der Waals surface area contributed by atoms with Crippen molar-refractivity contribution in [1.29, 1.82) is 0 Å². The molecule has 0 radical (unpaired) electrons. The zero-order chi connectivity index (χ0) is 17.7. The lowest BCUT2D eigenvalue weighted by Crippen LogP contribution is -2.44. The van der Waals surface area contributed by atoms with Crippen molar-refractivity contribution >= 4 is 40.5 Å². The highest BCUT2D eigenvalue weighted by Crippen LogP contribution is 2.19. The number of carbonyl (C=O) groups is 1. The van der Waals surface area contributed by atoms with Crippen LogP contribution in [-0.2, 0) is 11.2 Å². The van der Waals surface area contributed by atoms with E-state index in [1.807, 2.05) is 32.0 Å². The lowest BCUT2D eigenvalue weighted by molar-refractivity contribution is -0.121. The standard InChI is InChI=1S/C17H17ClFN3OS/c1-10-6-11(2)8-12(7-10)20-17(24)22-21-16(23)9-13-14(18)4-3-5-15(13)19/h3-8H,9H2,1-2H3,(H,21,23)(H2,20,22,24). The van der Waals surface area contributed by atoms with Gasteiger partial charge in [0.25, 0.3) is 0 Å². The average Bonchev–Trinajstić information content (AvgIpc) is 2.48. The molecule has 2 rings (SSSR count). The number of hydrogen-bond acceptors (Lipinski definition) is 2. The second-order valence-corrected chi connectivity index (χ2v) is 6.20. The van der Waals surface area contributed by atoms with Crippen LogP contribution in [0.1, 0.15) is 16.7 Å². The van der Waals surface area contributed by atoms with Gasteiger partial charge in [-0.3, -0.25) is 15.6 Å². The maximum Gasteiger partial charge on any atom is 0.242 e. The van der Waals surface area contributed by atoms with E-state index in [1.54, 1.807) is 0 Å². The van der Waals surface area contributed by atoms with Gasteiger partial charge in [-0.1, -0.05) is 23.7 Å². The fourth-order valence-corrected chi connectivity index (χ4v) is 2.64. The van der Waals surface area contributed by atoms with Crippen molar-refractivity contribution in [3.8, 4) is 0 Å². The number of benzene rings is 2. The zero-order valence-corrected chi connectivity index (χ0v) is 14.8. The zero-order valence-electron chi connectivity index (χ0n) is 13.2. The number of amides is 1. The molecular weight excluding hydrogens is 349 g/mol. The van der Waals surface area contributed by atoms with Crippen LogP contribution in [0.25, 0.3) is 0 Å². The maximum atomic E-state index is 13.6. The van der Waals surface area contributed by atoms with E-state index < -0.39 is 11.7 Å². The molecule has 24 heavy (non-hydrogen) atoms. The Balaban J connectivity index is 1.88. The van der Waals surface area contributed by atoms with E-state index in [1.165, 1.54) is 18.2 Å². The maximum absolute atomic E-state index is 13.6.